The maximum absolute atomic E-state index is 12.6. The van der Waals surface area contributed by atoms with E-state index >= 15 is 0 Å². The van der Waals surface area contributed by atoms with Crippen LogP contribution >= 0.6 is 0 Å². The first-order valence-electron chi connectivity index (χ1n) is 8.86. The number of likely N-dealkylation sites (tertiary alicyclic amines) is 1. The minimum Gasteiger partial charge on any atom is -0.342 e. The Balaban J connectivity index is 1.53. The molecule has 1 aliphatic heterocycles. The molecule has 0 radical (unpaired) electrons. The van der Waals surface area contributed by atoms with Gasteiger partial charge in [0.25, 0.3) is 0 Å². The molecule has 3 rings (SSSR count). The Bertz CT molecular complexity index is 653. The van der Waals surface area contributed by atoms with Crippen molar-refractivity contribution in [2.45, 2.75) is 52.0 Å². The Labute approximate surface area is 143 Å². The van der Waals surface area contributed by atoms with Crippen molar-refractivity contribution in [3.05, 3.63) is 35.9 Å². The Kier molecular flexibility index (Phi) is 5.02. The molecule has 0 aliphatic carbocycles. The summed E-state index contributed by atoms with van der Waals surface area (Å²) in [4.78, 5) is 14.6. The number of nitrogens with one attached hydrogen (secondary N) is 1. The second kappa shape index (κ2) is 7.20. The van der Waals surface area contributed by atoms with Crippen molar-refractivity contribution in [1.82, 2.24) is 24.9 Å². The van der Waals surface area contributed by atoms with E-state index in [1.807, 2.05) is 28.8 Å². The highest BCUT2D eigenvalue weighted by atomic mass is 16.2. The van der Waals surface area contributed by atoms with Gasteiger partial charge in [0.2, 0.25) is 5.91 Å². The van der Waals surface area contributed by atoms with Gasteiger partial charge in [-0.1, -0.05) is 20.8 Å². The summed E-state index contributed by atoms with van der Waals surface area (Å²) < 4.78 is 1.83. The normalized spacial score (nSPS) is 17.4. The predicted molar refractivity (Wildman–Crippen MR) is 92.6 cm³/mol. The average molecular weight is 329 g/mol. The summed E-state index contributed by atoms with van der Waals surface area (Å²) in [6.07, 6.45) is 5.65. The van der Waals surface area contributed by atoms with Crippen molar-refractivity contribution in [3.63, 3.8) is 0 Å². The molecule has 6 heteroatoms. The van der Waals surface area contributed by atoms with Crippen LogP contribution in [0.1, 0.15) is 56.8 Å². The predicted octanol–water partition coefficient (Wildman–Crippen LogP) is 2.77. The van der Waals surface area contributed by atoms with Gasteiger partial charge in [0, 0.05) is 37.1 Å². The van der Waals surface area contributed by atoms with Crippen molar-refractivity contribution in [3.8, 4) is 0 Å². The lowest BCUT2D eigenvalue weighted by atomic mass is 9.92. The zero-order valence-corrected chi connectivity index (χ0v) is 14.8. The molecule has 1 atom stereocenters. The van der Waals surface area contributed by atoms with E-state index in [9.17, 15) is 4.79 Å². The van der Waals surface area contributed by atoms with Crippen molar-refractivity contribution in [2.24, 2.45) is 5.92 Å². The van der Waals surface area contributed by atoms with Crippen LogP contribution in [0.5, 0.6) is 0 Å². The molecule has 3 heterocycles. The zero-order valence-electron chi connectivity index (χ0n) is 14.8. The van der Waals surface area contributed by atoms with E-state index in [4.69, 9.17) is 0 Å². The van der Waals surface area contributed by atoms with E-state index in [1.165, 1.54) is 5.69 Å². The van der Waals surface area contributed by atoms with E-state index in [2.05, 4.69) is 35.2 Å². The van der Waals surface area contributed by atoms with Gasteiger partial charge in [0.15, 0.2) is 0 Å². The average Bonchev–Trinajstić information content (AvgIpc) is 3.26. The first-order chi connectivity index (χ1) is 11.5. The van der Waals surface area contributed by atoms with Crippen molar-refractivity contribution < 1.29 is 4.79 Å². The number of piperidine rings is 1. The largest absolute Gasteiger partial charge is 0.342 e. The summed E-state index contributed by atoms with van der Waals surface area (Å²) >= 11 is 0. The van der Waals surface area contributed by atoms with Gasteiger partial charge in [-0.05, 0) is 30.9 Å². The minimum absolute atomic E-state index is 0.0406. The van der Waals surface area contributed by atoms with Crippen LogP contribution in [0.15, 0.2) is 24.5 Å². The van der Waals surface area contributed by atoms with Crippen molar-refractivity contribution >= 4 is 5.91 Å². The van der Waals surface area contributed by atoms with Crippen LogP contribution in [0.3, 0.4) is 0 Å². The maximum atomic E-state index is 12.6. The van der Waals surface area contributed by atoms with Crippen molar-refractivity contribution in [2.75, 3.05) is 13.1 Å². The maximum Gasteiger partial charge on any atom is 0.227 e. The second-order valence-electron chi connectivity index (χ2n) is 7.13. The monoisotopic (exact) mass is 329 g/mol. The van der Waals surface area contributed by atoms with Crippen LogP contribution in [0.25, 0.3) is 0 Å². The van der Waals surface area contributed by atoms with Crippen molar-refractivity contribution in [1.29, 1.82) is 0 Å². The summed E-state index contributed by atoms with van der Waals surface area (Å²) in [7, 11) is 0. The highest BCUT2D eigenvalue weighted by Crippen LogP contribution is 2.29. The van der Waals surface area contributed by atoms with E-state index in [1.54, 1.807) is 6.20 Å². The van der Waals surface area contributed by atoms with Crippen LogP contribution < -0.4 is 0 Å². The van der Waals surface area contributed by atoms with Gasteiger partial charge < -0.3 is 4.90 Å². The molecule has 1 amide bonds. The Hall–Kier alpha value is -2.11. The number of hydrogen-bond acceptors (Lipinski definition) is 3. The number of rotatable bonds is 5. The van der Waals surface area contributed by atoms with Gasteiger partial charge in [0.05, 0.1) is 18.2 Å². The number of hydrogen-bond donors (Lipinski definition) is 1. The molecule has 0 unspecified atom stereocenters. The molecule has 0 spiro atoms. The van der Waals surface area contributed by atoms with E-state index in [-0.39, 0.29) is 11.8 Å². The lowest BCUT2D eigenvalue weighted by molar-refractivity contribution is -0.136. The SMILES string of the molecule is CC(C)c1cc(C2CCN(C(=O)[C@H](C)Cn3cccn3)CC2)[nH]n1. The highest BCUT2D eigenvalue weighted by molar-refractivity contribution is 5.78. The number of nitrogens with zero attached hydrogens (tertiary/aromatic N) is 4. The summed E-state index contributed by atoms with van der Waals surface area (Å²) in [5.41, 5.74) is 2.34. The smallest absolute Gasteiger partial charge is 0.227 e. The first kappa shape index (κ1) is 16.7. The molecular weight excluding hydrogens is 302 g/mol. The topological polar surface area (TPSA) is 66.8 Å². The zero-order chi connectivity index (χ0) is 17.1. The third-order valence-electron chi connectivity index (χ3n) is 4.90. The molecule has 0 bridgehead atoms. The Morgan fingerprint density at radius 2 is 2.08 bits per heavy atom. The van der Waals surface area contributed by atoms with Crippen LogP contribution in [-0.4, -0.2) is 43.9 Å². The van der Waals surface area contributed by atoms with Crippen LogP contribution in [-0.2, 0) is 11.3 Å². The Morgan fingerprint density at radius 1 is 1.33 bits per heavy atom. The molecule has 2 aromatic heterocycles. The number of H-pyrrole nitrogens is 1. The fourth-order valence-electron chi connectivity index (χ4n) is 3.35. The molecule has 1 aliphatic rings. The molecule has 0 aromatic carbocycles. The lowest BCUT2D eigenvalue weighted by Gasteiger charge is -2.33. The highest BCUT2D eigenvalue weighted by Gasteiger charge is 2.27. The fraction of sp³-hybridized carbons (Fsp3) is 0.611. The third-order valence-corrected chi connectivity index (χ3v) is 4.90. The van der Waals surface area contributed by atoms with E-state index in [0.717, 1.165) is 31.6 Å². The summed E-state index contributed by atoms with van der Waals surface area (Å²) in [6.45, 7) is 8.58. The van der Waals surface area contributed by atoms with Gasteiger partial charge in [-0.25, -0.2) is 0 Å². The quantitative estimate of drug-likeness (QED) is 0.917. The molecule has 6 nitrogen and oxygen atoms in total. The van der Waals surface area contributed by atoms with Crippen LogP contribution in [0, 0.1) is 5.92 Å². The van der Waals surface area contributed by atoms with Gasteiger partial charge >= 0.3 is 0 Å². The molecule has 0 saturated carbocycles. The molecule has 1 saturated heterocycles. The molecular formula is C18H27N5O. The van der Waals surface area contributed by atoms with Crippen LogP contribution in [0.2, 0.25) is 0 Å². The second-order valence-corrected chi connectivity index (χ2v) is 7.13. The standard InChI is InChI=1S/C18H27N5O/c1-13(2)16-11-17(21-20-16)15-5-9-22(10-6-15)18(24)14(3)12-23-8-4-7-19-23/h4,7-8,11,13-15H,5-6,9-10,12H2,1-3H3,(H,20,21)/t14-/m1/s1. The first-order valence-corrected chi connectivity index (χ1v) is 8.86. The summed E-state index contributed by atoms with van der Waals surface area (Å²) in [5, 5.41) is 11.8. The number of carbonyl (C=O) groups is 1. The molecule has 24 heavy (non-hydrogen) atoms. The Morgan fingerprint density at radius 3 is 2.67 bits per heavy atom. The minimum atomic E-state index is -0.0406. The number of aromatic amines is 1. The van der Waals surface area contributed by atoms with E-state index < -0.39 is 0 Å². The third kappa shape index (κ3) is 3.68. The number of aromatic nitrogens is 4. The molecule has 1 fully saturated rings. The molecule has 1 N–H and O–H groups in total. The van der Waals surface area contributed by atoms with Crippen LogP contribution in [0.4, 0.5) is 0 Å². The van der Waals surface area contributed by atoms with Gasteiger partial charge in [-0.2, -0.15) is 10.2 Å². The van der Waals surface area contributed by atoms with Gasteiger partial charge in [0.1, 0.15) is 0 Å². The fourth-order valence-corrected chi connectivity index (χ4v) is 3.35. The summed E-state index contributed by atoms with van der Waals surface area (Å²) in [5.74, 6) is 1.12. The van der Waals surface area contributed by atoms with Gasteiger partial charge in [-0.3, -0.25) is 14.6 Å². The molecule has 2 aromatic rings. The number of amides is 1. The number of carbonyl (C=O) groups excluding carboxylic acids is 1. The van der Waals surface area contributed by atoms with E-state index in [0.29, 0.717) is 18.4 Å². The van der Waals surface area contributed by atoms with Gasteiger partial charge in [-0.15, -0.1) is 0 Å². The molecule has 130 valence electrons. The summed E-state index contributed by atoms with van der Waals surface area (Å²) in [6, 6.07) is 4.08. The lowest BCUT2D eigenvalue weighted by Crippen LogP contribution is -2.41.